The Kier molecular flexibility index (Phi) is 4.17. The van der Waals surface area contributed by atoms with Gasteiger partial charge in [-0.05, 0) is 48.9 Å². The third-order valence-corrected chi connectivity index (χ3v) is 4.91. The third kappa shape index (κ3) is 3.22. The molecule has 4 heteroatoms. The van der Waals surface area contributed by atoms with E-state index in [9.17, 15) is 9.50 Å². The number of aromatic hydroxyl groups is 1. The molecule has 2 aromatic rings. The molecule has 0 amide bonds. The van der Waals surface area contributed by atoms with Crippen LogP contribution >= 0.6 is 11.8 Å². The lowest BCUT2D eigenvalue weighted by Crippen LogP contribution is -2.24. The van der Waals surface area contributed by atoms with Gasteiger partial charge in [0.05, 0.1) is 0 Å². The Morgan fingerprint density at radius 1 is 1.29 bits per heavy atom. The number of hydrogen-bond acceptors (Lipinski definition) is 3. The Labute approximate surface area is 128 Å². The number of aryl methyl sites for hydroxylation is 1. The Morgan fingerprint density at radius 2 is 2.14 bits per heavy atom. The lowest BCUT2D eigenvalue weighted by molar-refractivity contribution is 0.452. The molecular weight excluding hydrogens is 285 g/mol. The molecule has 21 heavy (non-hydrogen) atoms. The molecule has 110 valence electrons. The van der Waals surface area contributed by atoms with Crippen molar-refractivity contribution in [3.63, 3.8) is 0 Å². The van der Waals surface area contributed by atoms with Crippen molar-refractivity contribution in [1.82, 2.24) is 5.32 Å². The van der Waals surface area contributed by atoms with E-state index in [-0.39, 0.29) is 11.9 Å². The molecule has 0 spiro atoms. The number of fused-ring (bicyclic) bond motifs is 1. The molecule has 1 aliphatic rings. The molecule has 2 N–H and O–H groups in total. The van der Waals surface area contributed by atoms with Gasteiger partial charge in [0.2, 0.25) is 0 Å². The second-order valence-electron chi connectivity index (χ2n) is 5.38. The van der Waals surface area contributed by atoms with E-state index < -0.39 is 0 Å². The van der Waals surface area contributed by atoms with Gasteiger partial charge in [-0.1, -0.05) is 17.7 Å². The molecule has 0 fully saturated rings. The number of phenols is 1. The highest BCUT2D eigenvalue weighted by atomic mass is 32.2. The van der Waals surface area contributed by atoms with Crippen LogP contribution in [0.3, 0.4) is 0 Å². The predicted octanol–water partition coefficient (Wildman–Crippen LogP) is 4.17. The summed E-state index contributed by atoms with van der Waals surface area (Å²) >= 11 is 1.77. The van der Waals surface area contributed by atoms with Crippen LogP contribution in [0.5, 0.6) is 5.75 Å². The van der Waals surface area contributed by atoms with Crippen LogP contribution in [0, 0.1) is 12.7 Å². The van der Waals surface area contributed by atoms with Crippen molar-refractivity contribution in [2.75, 3.05) is 5.75 Å². The zero-order chi connectivity index (χ0) is 14.8. The van der Waals surface area contributed by atoms with Gasteiger partial charge < -0.3 is 10.4 Å². The maximum atomic E-state index is 13.5. The maximum Gasteiger partial charge on any atom is 0.123 e. The van der Waals surface area contributed by atoms with Crippen molar-refractivity contribution < 1.29 is 9.50 Å². The van der Waals surface area contributed by atoms with Gasteiger partial charge in [-0.2, -0.15) is 0 Å². The van der Waals surface area contributed by atoms with Gasteiger partial charge in [-0.15, -0.1) is 11.8 Å². The van der Waals surface area contributed by atoms with E-state index in [4.69, 9.17) is 0 Å². The van der Waals surface area contributed by atoms with Crippen molar-refractivity contribution in [2.24, 2.45) is 0 Å². The van der Waals surface area contributed by atoms with Crippen molar-refractivity contribution in [2.45, 2.75) is 30.8 Å². The zero-order valence-electron chi connectivity index (χ0n) is 11.9. The first-order valence-electron chi connectivity index (χ1n) is 7.07. The molecule has 0 aliphatic carbocycles. The van der Waals surface area contributed by atoms with Gasteiger partial charge in [0.1, 0.15) is 11.6 Å². The van der Waals surface area contributed by atoms with Gasteiger partial charge in [0.25, 0.3) is 0 Å². The van der Waals surface area contributed by atoms with E-state index in [1.54, 1.807) is 23.9 Å². The minimum Gasteiger partial charge on any atom is -0.508 e. The molecular formula is C17H18FNOS. The normalized spacial score (nSPS) is 17.5. The SMILES string of the molecule is Cc1ccc(O)c(CNC2CCSc3ccc(F)cc32)c1. The van der Waals surface area contributed by atoms with E-state index in [2.05, 4.69) is 5.32 Å². The summed E-state index contributed by atoms with van der Waals surface area (Å²) in [6.07, 6.45) is 0.966. The summed E-state index contributed by atoms with van der Waals surface area (Å²) in [4.78, 5) is 1.15. The average molecular weight is 303 g/mol. The molecule has 2 nitrogen and oxygen atoms in total. The number of rotatable bonds is 3. The van der Waals surface area contributed by atoms with E-state index in [0.717, 1.165) is 33.8 Å². The van der Waals surface area contributed by atoms with Gasteiger partial charge in [-0.3, -0.25) is 0 Å². The van der Waals surface area contributed by atoms with Crippen molar-refractivity contribution in [1.29, 1.82) is 0 Å². The minimum atomic E-state index is -0.193. The van der Waals surface area contributed by atoms with Gasteiger partial charge >= 0.3 is 0 Å². The van der Waals surface area contributed by atoms with Crippen LogP contribution in [0.4, 0.5) is 4.39 Å². The third-order valence-electron chi connectivity index (χ3n) is 3.79. The van der Waals surface area contributed by atoms with Crippen LogP contribution in [-0.2, 0) is 6.54 Å². The standard InChI is InChI=1S/C17H18FNOS/c1-11-2-4-16(20)12(8-11)10-19-15-6-7-21-17-5-3-13(18)9-14(15)17/h2-5,8-9,15,19-20H,6-7,10H2,1H3. The fourth-order valence-electron chi connectivity index (χ4n) is 2.67. The summed E-state index contributed by atoms with van der Waals surface area (Å²) in [7, 11) is 0. The van der Waals surface area contributed by atoms with Gasteiger partial charge in [0.15, 0.2) is 0 Å². The van der Waals surface area contributed by atoms with Crippen LogP contribution in [-0.4, -0.2) is 10.9 Å². The topological polar surface area (TPSA) is 32.3 Å². The molecule has 0 bridgehead atoms. The average Bonchev–Trinajstić information content (AvgIpc) is 2.48. The zero-order valence-corrected chi connectivity index (χ0v) is 12.7. The van der Waals surface area contributed by atoms with E-state index in [1.807, 2.05) is 25.1 Å². The Hall–Kier alpha value is -1.52. The van der Waals surface area contributed by atoms with Crippen LogP contribution in [0.1, 0.15) is 29.2 Å². The predicted molar refractivity (Wildman–Crippen MR) is 84.2 cm³/mol. The van der Waals surface area contributed by atoms with E-state index >= 15 is 0 Å². The quantitative estimate of drug-likeness (QED) is 0.892. The first-order valence-corrected chi connectivity index (χ1v) is 8.06. The Bertz CT molecular complexity index is 659. The van der Waals surface area contributed by atoms with E-state index in [1.165, 1.54) is 6.07 Å². The van der Waals surface area contributed by atoms with Crippen LogP contribution in [0.15, 0.2) is 41.3 Å². The largest absolute Gasteiger partial charge is 0.508 e. The first kappa shape index (κ1) is 14.4. The molecule has 2 aromatic carbocycles. The number of thioether (sulfide) groups is 1. The number of halogens is 1. The second kappa shape index (κ2) is 6.08. The van der Waals surface area contributed by atoms with Crippen LogP contribution in [0.25, 0.3) is 0 Å². The lowest BCUT2D eigenvalue weighted by atomic mass is 10.0. The molecule has 0 radical (unpaired) electrons. The summed E-state index contributed by atoms with van der Waals surface area (Å²) in [6.45, 7) is 2.59. The van der Waals surface area contributed by atoms with Gasteiger partial charge in [-0.25, -0.2) is 4.39 Å². The summed E-state index contributed by atoms with van der Waals surface area (Å²) < 4.78 is 13.5. The van der Waals surface area contributed by atoms with Crippen LogP contribution < -0.4 is 5.32 Å². The fraction of sp³-hybridized carbons (Fsp3) is 0.294. The summed E-state index contributed by atoms with van der Waals surface area (Å²) in [5.74, 6) is 1.13. The van der Waals surface area contributed by atoms with Crippen LogP contribution in [0.2, 0.25) is 0 Å². The lowest BCUT2D eigenvalue weighted by Gasteiger charge is -2.26. The molecule has 1 aliphatic heterocycles. The molecule has 1 heterocycles. The summed E-state index contributed by atoms with van der Waals surface area (Å²) in [5.41, 5.74) is 3.03. The molecule has 0 aromatic heterocycles. The summed E-state index contributed by atoms with van der Waals surface area (Å²) in [5, 5.41) is 13.3. The molecule has 0 saturated heterocycles. The van der Waals surface area contributed by atoms with Crippen molar-refractivity contribution >= 4 is 11.8 Å². The maximum absolute atomic E-state index is 13.5. The molecule has 1 unspecified atom stereocenters. The van der Waals surface area contributed by atoms with Crippen molar-refractivity contribution in [3.8, 4) is 5.75 Å². The highest BCUT2D eigenvalue weighted by molar-refractivity contribution is 7.99. The molecule has 0 saturated carbocycles. The number of hydrogen-bond donors (Lipinski definition) is 2. The Morgan fingerprint density at radius 3 is 3.00 bits per heavy atom. The smallest absolute Gasteiger partial charge is 0.123 e. The number of benzene rings is 2. The number of nitrogens with one attached hydrogen (secondary N) is 1. The highest BCUT2D eigenvalue weighted by Gasteiger charge is 2.21. The minimum absolute atomic E-state index is 0.136. The highest BCUT2D eigenvalue weighted by Crippen LogP contribution is 2.36. The second-order valence-corrected chi connectivity index (χ2v) is 6.52. The van der Waals surface area contributed by atoms with Crippen molar-refractivity contribution in [3.05, 3.63) is 58.9 Å². The van der Waals surface area contributed by atoms with E-state index in [0.29, 0.717) is 12.3 Å². The monoisotopic (exact) mass is 303 g/mol. The molecule has 3 rings (SSSR count). The molecule has 1 atom stereocenters. The fourth-order valence-corrected chi connectivity index (χ4v) is 3.77. The van der Waals surface area contributed by atoms with Gasteiger partial charge in [0, 0.05) is 23.0 Å². The Balaban J connectivity index is 1.78. The number of phenolic OH excluding ortho intramolecular Hbond substituents is 1. The summed E-state index contributed by atoms with van der Waals surface area (Å²) in [6, 6.07) is 10.7. The first-order chi connectivity index (χ1) is 10.1.